The van der Waals surface area contributed by atoms with E-state index in [9.17, 15) is 9.59 Å². The minimum absolute atomic E-state index is 0.269. The van der Waals surface area contributed by atoms with Gasteiger partial charge in [-0.2, -0.15) is 0 Å². The molecule has 1 N–H and O–H groups in total. The van der Waals surface area contributed by atoms with E-state index in [2.05, 4.69) is 19.2 Å². The first-order valence-corrected chi connectivity index (χ1v) is 10.7. The van der Waals surface area contributed by atoms with E-state index in [1.165, 1.54) is 0 Å². The molecule has 0 bridgehead atoms. The molecule has 1 heterocycles. The SMILES string of the molecule is CC(C)COc1ccc(C(=O)Nc2ccc(-c3cc4ccccc4oc3=O)c(Cl)c2)cc1. The second kappa shape index (κ2) is 9.28. The van der Waals surface area contributed by atoms with E-state index in [-0.39, 0.29) is 5.91 Å². The molecule has 0 radical (unpaired) electrons. The molecule has 4 aromatic rings. The maximum atomic E-state index is 12.6. The second-order valence-corrected chi connectivity index (χ2v) is 8.27. The summed E-state index contributed by atoms with van der Waals surface area (Å²) in [7, 11) is 0. The van der Waals surface area contributed by atoms with Crippen molar-refractivity contribution in [3.8, 4) is 16.9 Å². The summed E-state index contributed by atoms with van der Waals surface area (Å²) in [5, 5.41) is 3.96. The number of benzene rings is 3. The Kier molecular flexibility index (Phi) is 6.28. The third-order valence-corrected chi connectivity index (χ3v) is 5.17. The number of carbonyl (C=O) groups excluding carboxylic acids is 1. The molecule has 0 atom stereocenters. The van der Waals surface area contributed by atoms with Crippen LogP contribution in [-0.2, 0) is 0 Å². The van der Waals surface area contributed by atoms with Crippen molar-refractivity contribution in [1.29, 1.82) is 0 Å². The number of rotatable bonds is 6. The zero-order valence-electron chi connectivity index (χ0n) is 17.7. The summed E-state index contributed by atoms with van der Waals surface area (Å²) in [6.07, 6.45) is 0. The Morgan fingerprint density at radius 1 is 1.00 bits per heavy atom. The number of hydrogen-bond acceptors (Lipinski definition) is 4. The lowest BCUT2D eigenvalue weighted by Crippen LogP contribution is -2.12. The Hall–Kier alpha value is -3.57. The minimum Gasteiger partial charge on any atom is -0.493 e. The highest BCUT2D eigenvalue weighted by Crippen LogP contribution is 2.30. The van der Waals surface area contributed by atoms with Gasteiger partial charge in [0.2, 0.25) is 0 Å². The molecule has 5 nitrogen and oxygen atoms in total. The largest absolute Gasteiger partial charge is 0.493 e. The molecule has 1 amide bonds. The molecule has 4 rings (SSSR count). The third kappa shape index (κ3) is 4.84. The molecule has 0 aliphatic rings. The van der Waals surface area contributed by atoms with Gasteiger partial charge >= 0.3 is 5.63 Å². The van der Waals surface area contributed by atoms with Crippen molar-refractivity contribution in [3.63, 3.8) is 0 Å². The monoisotopic (exact) mass is 447 g/mol. The van der Waals surface area contributed by atoms with Gasteiger partial charge in [0.05, 0.1) is 17.2 Å². The average Bonchev–Trinajstić information content (AvgIpc) is 2.78. The van der Waals surface area contributed by atoms with Crippen LogP contribution in [0.4, 0.5) is 5.69 Å². The van der Waals surface area contributed by atoms with Crippen molar-refractivity contribution in [2.75, 3.05) is 11.9 Å². The number of para-hydroxylation sites is 1. The first kappa shape index (κ1) is 21.7. The van der Waals surface area contributed by atoms with Gasteiger partial charge in [-0.05, 0) is 54.4 Å². The second-order valence-electron chi connectivity index (χ2n) is 7.86. The minimum atomic E-state index is -0.470. The molecule has 162 valence electrons. The molecule has 0 saturated carbocycles. The summed E-state index contributed by atoms with van der Waals surface area (Å²) in [5.41, 5.74) is 1.97. The lowest BCUT2D eigenvalue weighted by Gasteiger charge is -2.11. The smallest absolute Gasteiger partial charge is 0.344 e. The lowest BCUT2D eigenvalue weighted by molar-refractivity contribution is 0.102. The Balaban J connectivity index is 1.52. The summed E-state index contributed by atoms with van der Waals surface area (Å²) >= 11 is 6.45. The van der Waals surface area contributed by atoms with Gasteiger partial charge in [-0.15, -0.1) is 0 Å². The van der Waals surface area contributed by atoms with Crippen molar-refractivity contribution in [2.24, 2.45) is 5.92 Å². The molecule has 1 aromatic heterocycles. The van der Waals surface area contributed by atoms with Crippen LogP contribution in [0, 0.1) is 5.92 Å². The van der Waals surface area contributed by atoms with E-state index in [4.69, 9.17) is 20.8 Å². The Labute approximate surface area is 190 Å². The Bertz CT molecular complexity index is 1330. The van der Waals surface area contributed by atoms with Crippen molar-refractivity contribution in [3.05, 3.63) is 93.8 Å². The van der Waals surface area contributed by atoms with Crippen LogP contribution < -0.4 is 15.7 Å². The standard InChI is InChI=1S/C26H22ClNO4/c1-16(2)15-31-20-10-7-17(8-11-20)25(29)28-19-9-12-21(23(27)14-19)22-13-18-5-3-4-6-24(18)32-26(22)30/h3-14,16H,15H2,1-2H3,(H,28,29). The fourth-order valence-electron chi connectivity index (χ4n) is 3.23. The van der Waals surface area contributed by atoms with Crippen LogP contribution >= 0.6 is 11.6 Å². The number of nitrogens with one attached hydrogen (secondary N) is 1. The molecular formula is C26H22ClNO4. The van der Waals surface area contributed by atoms with Crippen LogP contribution in [0.5, 0.6) is 5.75 Å². The summed E-state index contributed by atoms with van der Waals surface area (Å²) in [4.78, 5) is 25.0. The van der Waals surface area contributed by atoms with Crippen LogP contribution in [-0.4, -0.2) is 12.5 Å². The van der Waals surface area contributed by atoms with Crippen LogP contribution in [0.1, 0.15) is 24.2 Å². The first-order chi connectivity index (χ1) is 15.4. The molecule has 0 spiro atoms. The lowest BCUT2D eigenvalue weighted by atomic mass is 10.1. The van der Waals surface area contributed by atoms with Gasteiger partial charge in [-0.1, -0.05) is 49.7 Å². The molecular weight excluding hydrogens is 426 g/mol. The molecule has 0 saturated heterocycles. The van der Waals surface area contributed by atoms with Crippen LogP contribution in [0.15, 0.2) is 82.0 Å². The van der Waals surface area contributed by atoms with Gasteiger partial charge < -0.3 is 14.5 Å². The molecule has 6 heteroatoms. The van der Waals surface area contributed by atoms with E-state index in [1.807, 2.05) is 18.2 Å². The third-order valence-electron chi connectivity index (χ3n) is 4.86. The Morgan fingerprint density at radius 3 is 2.47 bits per heavy atom. The van der Waals surface area contributed by atoms with Crippen molar-refractivity contribution >= 4 is 34.2 Å². The number of amides is 1. The van der Waals surface area contributed by atoms with E-state index < -0.39 is 5.63 Å². The predicted octanol–water partition coefficient (Wildman–Crippen LogP) is 6.40. The number of carbonyl (C=O) groups is 1. The summed E-state index contributed by atoms with van der Waals surface area (Å²) in [6.45, 7) is 4.77. The average molecular weight is 448 g/mol. The maximum Gasteiger partial charge on any atom is 0.344 e. The van der Waals surface area contributed by atoms with Crippen molar-refractivity contribution in [1.82, 2.24) is 0 Å². The number of anilines is 1. The van der Waals surface area contributed by atoms with Crippen LogP contribution in [0.2, 0.25) is 5.02 Å². The normalized spacial score (nSPS) is 11.0. The topological polar surface area (TPSA) is 68.5 Å². The summed E-state index contributed by atoms with van der Waals surface area (Å²) < 4.78 is 11.0. The van der Waals surface area contributed by atoms with E-state index in [0.717, 1.165) is 11.1 Å². The number of ether oxygens (including phenoxy) is 1. The summed E-state index contributed by atoms with van der Waals surface area (Å²) in [5.74, 6) is 0.873. The molecule has 0 aliphatic carbocycles. The number of halogens is 1. The molecule has 0 unspecified atom stereocenters. The van der Waals surface area contributed by atoms with Gasteiger partial charge in [0.25, 0.3) is 5.91 Å². The quantitative estimate of drug-likeness (QED) is 0.347. The first-order valence-electron chi connectivity index (χ1n) is 10.3. The fraction of sp³-hybridized carbons (Fsp3) is 0.154. The number of fused-ring (bicyclic) bond motifs is 1. The number of hydrogen-bond donors (Lipinski definition) is 1. The highest BCUT2D eigenvalue weighted by molar-refractivity contribution is 6.33. The molecule has 0 fully saturated rings. The van der Waals surface area contributed by atoms with Gasteiger partial charge in [0.15, 0.2) is 0 Å². The Morgan fingerprint density at radius 2 is 1.75 bits per heavy atom. The van der Waals surface area contributed by atoms with E-state index in [1.54, 1.807) is 54.6 Å². The fourth-order valence-corrected chi connectivity index (χ4v) is 3.51. The van der Waals surface area contributed by atoms with Gasteiger partial charge in [0, 0.05) is 22.2 Å². The van der Waals surface area contributed by atoms with Crippen molar-refractivity contribution in [2.45, 2.75) is 13.8 Å². The van der Waals surface area contributed by atoms with Gasteiger partial charge in [-0.25, -0.2) is 4.79 Å². The maximum absolute atomic E-state index is 12.6. The van der Waals surface area contributed by atoms with Crippen LogP contribution in [0.3, 0.4) is 0 Å². The molecule has 0 aliphatic heterocycles. The van der Waals surface area contributed by atoms with Crippen LogP contribution in [0.25, 0.3) is 22.1 Å². The van der Waals surface area contributed by atoms with Gasteiger partial charge in [-0.3, -0.25) is 4.79 Å². The highest BCUT2D eigenvalue weighted by Gasteiger charge is 2.13. The zero-order chi connectivity index (χ0) is 22.7. The molecule has 32 heavy (non-hydrogen) atoms. The predicted molar refractivity (Wildman–Crippen MR) is 128 cm³/mol. The van der Waals surface area contributed by atoms with E-state index in [0.29, 0.717) is 45.5 Å². The molecule has 3 aromatic carbocycles. The van der Waals surface area contributed by atoms with Crippen molar-refractivity contribution < 1.29 is 13.9 Å². The highest BCUT2D eigenvalue weighted by atomic mass is 35.5. The van der Waals surface area contributed by atoms with Gasteiger partial charge in [0.1, 0.15) is 11.3 Å². The van der Waals surface area contributed by atoms with E-state index >= 15 is 0 Å². The summed E-state index contributed by atoms with van der Waals surface area (Å²) in [6, 6.07) is 21.0. The zero-order valence-corrected chi connectivity index (χ0v) is 18.5.